The first-order valence-corrected chi connectivity index (χ1v) is 8.44. The highest BCUT2D eigenvalue weighted by Crippen LogP contribution is 2.18. The van der Waals surface area contributed by atoms with Crippen molar-refractivity contribution in [3.8, 4) is 0 Å². The number of ether oxygens (including phenoxy) is 1. The lowest BCUT2D eigenvalue weighted by molar-refractivity contribution is -0.115. The van der Waals surface area contributed by atoms with Gasteiger partial charge in [0.05, 0.1) is 13.0 Å². The third kappa shape index (κ3) is 5.86. The number of benzene rings is 2. The van der Waals surface area contributed by atoms with Crippen molar-refractivity contribution in [2.24, 2.45) is 0 Å². The molecule has 7 heteroatoms. The van der Waals surface area contributed by atoms with Gasteiger partial charge in [-0.3, -0.25) is 9.59 Å². The number of carbonyl (C=O) groups is 2. The van der Waals surface area contributed by atoms with E-state index in [1.54, 1.807) is 32.2 Å². The van der Waals surface area contributed by atoms with Crippen molar-refractivity contribution in [1.82, 2.24) is 5.32 Å². The molecule has 1 atom stereocenters. The minimum absolute atomic E-state index is 0.0915. The van der Waals surface area contributed by atoms with Gasteiger partial charge in [-0.15, -0.1) is 0 Å². The van der Waals surface area contributed by atoms with Crippen molar-refractivity contribution in [1.29, 1.82) is 0 Å². The zero-order valence-corrected chi connectivity index (χ0v) is 15.4. The van der Waals surface area contributed by atoms with E-state index in [1.807, 2.05) is 6.92 Å². The molecular weight excluding hydrogens is 354 g/mol. The van der Waals surface area contributed by atoms with E-state index in [4.69, 9.17) is 4.74 Å². The number of hydrogen-bond donors (Lipinski definition) is 2. The van der Waals surface area contributed by atoms with E-state index in [0.717, 1.165) is 17.7 Å². The number of hydrogen-bond acceptors (Lipinski definition) is 3. The third-order valence-corrected chi connectivity index (χ3v) is 3.93. The summed E-state index contributed by atoms with van der Waals surface area (Å²) in [5.74, 6) is -2.23. The summed E-state index contributed by atoms with van der Waals surface area (Å²) in [6.45, 7) is 3.98. The van der Waals surface area contributed by atoms with Crippen LogP contribution >= 0.6 is 0 Å². The van der Waals surface area contributed by atoms with Crippen molar-refractivity contribution in [2.75, 3.05) is 19.0 Å². The first-order chi connectivity index (χ1) is 12.8. The van der Waals surface area contributed by atoms with Gasteiger partial charge in [0, 0.05) is 30.5 Å². The minimum atomic E-state index is -0.776. The van der Waals surface area contributed by atoms with Gasteiger partial charge in [0.1, 0.15) is 11.6 Å². The number of halogens is 2. The lowest BCUT2D eigenvalue weighted by Crippen LogP contribution is -2.35. The zero-order chi connectivity index (χ0) is 20.0. The summed E-state index contributed by atoms with van der Waals surface area (Å²) in [6, 6.07) is 7.83. The number of nitrogens with one attached hydrogen (secondary N) is 2. The molecule has 2 amide bonds. The van der Waals surface area contributed by atoms with E-state index >= 15 is 0 Å². The van der Waals surface area contributed by atoms with Crippen molar-refractivity contribution in [3.05, 3.63) is 64.7 Å². The number of methoxy groups -OCH3 is 1. The Hall–Kier alpha value is -2.80. The highest BCUT2D eigenvalue weighted by atomic mass is 19.1. The normalized spacial score (nSPS) is 11.7. The van der Waals surface area contributed by atoms with Crippen LogP contribution in [0.25, 0.3) is 0 Å². The standard InChI is InChI=1S/C20H22F2N2O3/c1-12-4-5-15(20(26)23-13(2)11-27-3)8-18(12)24-19(25)9-14-6-7-16(21)10-17(14)22/h4-8,10,13H,9,11H2,1-3H3,(H,23,26)(H,24,25)/t13-/m0/s1. The SMILES string of the molecule is COC[C@H](C)NC(=O)c1ccc(C)c(NC(=O)Cc2ccc(F)cc2F)c1. The van der Waals surface area contributed by atoms with E-state index in [9.17, 15) is 18.4 Å². The van der Waals surface area contributed by atoms with E-state index in [0.29, 0.717) is 17.9 Å². The Morgan fingerprint density at radius 2 is 1.89 bits per heavy atom. The molecule has 0 aliphatic carbocycles. The van der Waals surface area contributed by atoms with Crippen LogP contribution in [-0.2, 0) is 16.0 Å². The molecule has 144 valence electrons. The molecule has 5 nitrogen and oxygen atoms in total. The molecule has 2 aromatic carbocycles. The van der Waals surface area contributed by atoms with Crippen molar-refractivity contribution in [3.63, 3.8) is 0 Å². The Morgan fingerprint density at radius 1 is 1.15 bits per heavy atom. The first kappa shape index (κ1) is 20.5. The maximum absolute atomic E-state index is 13.7. The number of carbonyl (C=O) groups excluding carboxylic acids is 2. The Balaban J connectivity index is 2.09. The van der Waals surface area contributed by atoms with Crippen LogP contribution in [0.2, 0.25) is 0 Å². The predicted molar refractivity (Wildman–Crippen MR) is 98.7 cm³/mol. The summed E-state index contributed by atoms with van der Waals surface area (Å²) in [4.78, 5) is 24.5. The van der Waals surface area contributed by atoms with Crippen LogP contribution in [0.15, 0.2) is 36.4 Å². The van der Waals surface area contributed by atoms with Gasteiger partial charge < -0.3 is 15.4 Å². The molecule has 27 heavy (non-hydrogen) atoms. The minimum Gasteiger partial charge on any atom is -0.383 e. The summed E-state index contributed by atoms with van der Waals surface area (Å²) >= 11 is 0. The van der Waals surface area contributed by atoms with Crippen LogP contribution in [0.1, 0.15) is 28.4 Å². The molecule has 0 aliphatic rings. The highest BCUT2D eigenvalue weighted by molar-refractivity contribution is 5.98. The van der Waals surface area contributed by atoms with Gasteiger partial charge in [0.15, 0.2) is 0 Å². The fraction of sp³-hybridized carbons (Fsp3) is 0.300. The van der Waals surface area contributed by atoms with Crippen LogP contribution in [0.4, 0.5) is 14.5 Å². The van der Waals surface area contributed by atoms with Crippen molar-refractivity contribution < 1.29 is 23.1 Å². The van der Waals surface area contributed by atoms with Crippen molar-refractivity contribution in [2.45, 2.75) is 26.3 Å². The summed E-state index contributed by atoms with van der Waals surface area (Å²) < 4.78 is 31.6. The molecule has 0 saturated carbocycles. The smallest absolute Gasteiger partial charge is 0.251 e. The molecule has 0 bridgehead atoms. The topological polar surface area (TPSA) is 67.4 Å². The van der Waals surface area contributed by atoms with Gasteiger partial charge in [0.2, 0.25) is 5.91 Å². The summed E-state index contributed by atoms with van der Waals surface area (Å²) in [6.07, 6.45) is -0.243. The van der Waals surface area contributed by atoms with Crippen LogP contribution in [0.3, 0.4) is 0 Å². The van der Waals surface area contributed by atoms with E-state index in [2.05, 4.69) is 10.6 Å². The summed E-state index contributed by atoms with van der Waals surface area (Å²) in [5.41, 5.74) is 1.68. The van der Waals surface area contributed by atoms with Crippen LogP contribution in [0.5, 0.6) is 0 Å². The molecular formula is C20H22F2N2O3. The number of anilines is 1. The van der Waals surface area contributed by atoms with Gasteiger partial charge in [-0.25, -0.2) is 8.78 Å². The van der Waals surface area contributed by atoms with Crippen LogP contribution in [-0.4, -0.2) is 31.6 Å². The average Bonchev–Trinajstić information content (AvgIpc) is 2.59. The molecule has 0 spiro atoms. The maximum atomic E-state index is 13.7. The fourth-order valence-corrected chi connectivity index (χ4v) is 2.53. The third-order valence-electron chi connectivity index (χ3n) is 3.93. The highest BCUT2D eigenvalue weighted by Gasteiger charge is 2.14. The molecule has 0 fully saturated rings. The zero-order valence-electron chi connectivity index (χ0n) is 15.4. The molecule has 0 saturated heterocycles. The van der Waals surface area contributed by atoms with E-state index in [1.165, 1.54) is 6.07 Å². The monoisotopic (exact) mass is 376 g/mol. The van der Waals surface area contributed by atoms with Gasteiger partial charge in [-0.05, 0) is 43.2 Å². The second-order valence-electron chi connectivity index (χ2n) is 6.32. The van der Waals surface area contributed by atoms with Gasteiger partial charge in [-0.1, -0.05) is 12.1 Å². The van der Waals surface area contributed by atoms with E-state index < -0.39 is 17.5 Å². The average molecular weight is 376 g/mol. The Labute approximate surface area is 156 Å². The Kier molecular flexibility index (Phi) is 7.01. The molecule has 0 unspecified atom stereocenters. The molecule has 0 radical (unpaired) electrons. The number of aryl methyl sites for hydroxylation is 1. The summed E-state index contributed by atoms with van der Waals surface area (Å²) in [7, 11) is 1.55. The molecule has 0 aliphatic heterocycles. The van der Waals surface area contributed by atoms with Crippen LogP contribution < -0.4 is 10.6 Å². The van der Waals surface area contributed by atoms with E-state index in [-0.39, 0.29) is 23.9 Å². The lowest BCUT2D eigenvalue weighted by Gasteiger charge is -2.14. The Morgan fingerprint density at radius 3 is 2.56 bits per heavy atom. The first-order valence-electron chi connectivity index (χ1n) is 8.44. The Bertz CT molecular complexity index is 840. The predicted octanol–water partition coefficient (Wildman–Crippen LogP) is 3.22. The van der Waals surface area contributed by atoms with Gasteiger partial charge in [0.25, 0.3) is 5.91 Å². The number of rotatable bonds is 7. The second kappa shape index (κ2) is 9.23. The maximum Gasteiger partial charge on any atom is 0.251 e. The van der Waals surface area contributed by atoms with Crippen molar-refractivity contribution >= 4 is 17.5 Å². The lowest BCUT2D eigenvalue weighted by atomic mass is 10.1. The van der Waals surface area contributed by atoms with Gasteiger partial charge >= 0.3 is 0 Å². The van der Waals surface area contributed by atoms with Gasteiger partial charge in [-0.2, -0.15) is 0 Å². The quantitative estimate of drug-likeness (QED) is 0.780. The summed E-state index contributed by atoms with van der Waals surface area (Å²) in [5, 5.41) is 5.46. The molecule has 2 rings (SSSR count). The molecule has 0 heterocycles. The molecule has 0 aromatic heterocycles. The second-order valence-corrected chi connectivity index (χ2v) is 6.32. The van der Waals surface area contributed by atoms with Crippen LogP contribution in [0, 0.1) is 18.6 Å². The number of amides is 2. The molecule has 2 aromatic rings. The fourth-order valence-electron chi connectivity index (χ4n) is 2.53. The molecule has 2 N–H and O–H groups in total. The largest absolute Gasteiger partial charge is 0.383 e.